The summed E-state index contributed by atoms with van der Waals surface area (Å²) in [5.41, 5.74) is 0. The lowest BCUT2D eigenvalue weighted by molar-refractivity contribution is 0.982. The lowest BCUT2D eigenvalue weighted by Gasteiger charge is -2.19. The Balaban J connectivity index is 0. The van der Waals surface area contributed by atoms with E-state index >= 15 is 0 Å². The Morgan fingerprint density at radius 3 is 1.33 bits per heavy atom. The van der Waals surface area contributed by atoms with E-state index in [1.54, 1.807) is 0 Å². The van der Waals surface area contributed by atoms with Crippen LogP contribution in [0.25, 0.3) is 0 Å². The second-order valence-electron chi connectivity index (χ2n) is 4.16. The molecule has 2 heteroatoms. The van der Waals surface area contributed by atoms with E-state index in [4.69, 9.17) is 0 Å². The summed E-state index contributed by atoms with van der Waals surface area (Å²) in [7, 11) is 3.05. The molecule has 1 nitrogen and oxygen atoms in total. The quantitative estimate of drug-likeness (QED) is 0.669. The first-order valence-electron chi connectivity index (χ1n) is 5.12. The van der Waals surface area contributed by atoms with Gasteiger partial charge in [-0.25, -0.2) is 0 Å². The van der Waals surface area contributed by atoms with Crippen molar-refractivity contribution in [2.24, 2.45) is 0 Å². The van der Waals surface area contributed by atoms with Crippen LogP contribution in [0.3, 0.4) is 0 Å². The molecule has 0 atom stereocenters. The number of rotatable bonds is 4. The van der Waals surface area contributed by atoms with E-state index in [-0.39, 0.29) is 0 Å². The highest BCUT2D eigenvalue weighted by Gasteiger charge is 2.16. The van der Waals surface area contributed by atoms with Crippen molar-refractivity contribution >= 4 is 8.07 Å². The highest BCUT2D eigenvalue weighted by atomic mass is 28.3. The normalized spacial score (nSPS) is 10.5. The van der Waals surface area contributed by atoms with Crippen molar-refractivity contribution < 1.29 is 0 Å². The van der Waals surface area contributed by atoms with Gasteiger partial charge in [-0.05, 0) is 14.1 Å². The Morgan fingerprint density at radius 1 is 0.917 bits per heavy atom. The van der Waals surface area contributed by atoms with E-state index in [0.717, 1.165) is 0 Å². The van der Waals surface area contributed by atoms with Gasteiger partial charge in [-0.2, -0.15) is 0 Å². The molecule has 0 bridgehead atoms. The average Bonchev–Trinajstić information content (AvgIpc) is 1.88. The lowest BCUT2D eigenvalue weighted by Crippen LogP contribution is -2.23. The standard InChI is InChI=1S/C8H20Si.C2H7N/c1-5-7-9(3,4)8-6-2;1-3-2/h5-8H2,1-4H3;3H,1-2H3. The summed E-state index contributed by atoms with van der Waals surface area (Å²) < 4.78 is 0. The lowest BCUT2D eigenvalue weighted by atomic mass is 10.6. The summed E-state index contributed by atoms with van der Waals surface area (Å²) in [4.78, 5) is 0. The summed E-state index contributed by atoms with van der Waals surface area (Å²) >= 11 is 0. The first kappa shape index (κ1) is 14.7. The van der Waals surface area contributed by atoms with Crippen LogP contribution in [0.5, 0.6) is 0 Å². The Kier molecular flexibility index (Phi) is 11.3. The molecule has 0 spiro atoms. The van der Waals surface area contributed by atoms with Crippen molar-refractivity contribution in [3.8, 4) is 0 Å². The van der Waals surface area contributed by atoms with Crippen molar-refractivity contribution in [1.82, 2.24) is 5.32 Å². The van der Waals surface area contributed by atoms with Gasteiger partial charge in [0.2, 0.25) is 0 Å². The molecular formula is C10H27NSi. The predicted octanol–water partition coefficient (Wildman–Crippen LogP) is 3.35. The molecule has 0 aromatic heterocycles. The van der Waals surface area contributed by atoms with Gasteiger partial charge in [0.1, 0.15) is 0 Å². The summed E-state index contributed by atoms with van der Waals surface area (Å²) in [6.45, 7) is 9.59. The fourth-order valence-corrected chi connectivity index (χ4v) is 4.44. The molecule has 0 saturated carbocycles. The van der Waals surface area contributed by atoms with Crippen LogP contribution in [-0.4, -0.2) is 22.2 Å². The van der Waals surface area contributed by atoms with Crippen molar-refractivity contribution in [2.45, 2.75) is 51.9 Å². The van der Waals surface area contributed by atoms with Crippen molar-refractivity contribution in [1.29, 1.82) is 0 Å². The highest BCUT2D eigenvalue weighted by Crippen LogP contribution is 2.18. The number of hydrogen-bond acceptors (Lipinski definition) is 1. The van der Waals surface area contributed by atoms with Crippen LogP contribution in [0, 0.1) is 0 Å². The van der Waals surface area contributed by atoms with Crippen LogP contribution in [0.15, 0.2) is 0 Å². The van der Waals surface area contributed by atoms with Gasteiger partial charge in [0.05, 0.1) is 0 Å². The predicted molar refractivity (Wildman–Crippen MR) is 62.7 cm³/mol. The largest absolute Gasteiger partial charge is 0.323 e. The fraction of sp³-hybridized carbons (Fsp3) is 1.00. The molecule has 0 unspecified atom stereocenters. The van der Waals surface area contributed by atoms with E-state index in [0.29, 0.717) is 0 Å². The molecule has 0 aromatic carbocycles. The first-order valence-corrected chi connectivity index (χ1v) is 8.54. The van der Waals surface area contributed by atoms with E-state index < -0.39 is 8.07 Å². The third kappa shape index (κ3) is 12.8. The molecule has 0 rings (SSSR count). The van der Waals surface area contributed by atoms with Gasteiger partial charge in [0.25, 0.3) is 0 Å². The van der Waals surface area contributed by atoms with Gasteiger partial charge < -0.3 is 5.32 Å². The molecule has 76 valence electrons. The third-order valence-electron chi connectivity index (χ3n) is 1.85. The molecule has 0 aromatic rings. The van der Waals surface area contributed by atoms with Crippen LogP contribution in [0.4, 0.5) is 0 Å². The summed E-state index contributed by atoms with van der Waals surface area (Å²) in [6, 6.07) is 3.03. The second-order valence-corrected chi connectivity index (χ2v) is 9.49. The van der Waals surface area contributed by atoms with Gasteiger partial charge in [-0.1, -0.05) is 51.9 Å². The summed E-state index contributed by atoms with van der Waals surface area (Å²) in [5.74, 6) is 0. The molecule has 0 aliphatic carbocycles. The zero-order valence-corrected chi connectivity index (χ0v) is 10.8. The van der Waals surface area contributed by atoms with Crippen LogP contribution in [0.1, 0.15) is 26.7 Å². The van der Waals surface area contributed by atoms with Crippen molar-refractivity contribution in [3.05, 3.63) is 0 Å². The minimum Gasteiger partial charge on any atom is -0.323 e. The average molecular weight is 189 g/mol. The summed E-state index contributed by atoms with van der Waals surface area (Å²) in [6.07, 6.45) is 2.78. The molecule has 0 aliphatic heterocycles. The topological polar surface area (TPSA) is 12.0 Å². The Bertz CT molecular complexity index is 73.9. The fourth-order valence-electron chi connectivity index (χ4n) is 1.48. The molecule has 0 fully saturated rings. The molecule has 0 heterocycles. The molecule has 1 N–H and O–H groups in total. The molecule has 12 heavy (non-hydrogen) atoms. The van der Waals surface area contributed by atoms with Crippen LogP contribution in [-0.2, 0) is 0 Å². The maximum absolute atomic E-state index is 2.75. The van der Waals surface area contributed by atoms with E-state index in [9.17, 15) is 0 Å². The maximum atomic E-state index is 2.75. The maximum Gasteiger partial charge on any atom is 0.0473 e. The Hall–Kier alpha value is 0.177. The molecule has 0 radical (unpaired) electrons. The molecule has 0 aliphatic rings. The van der Waals surface area contributed by atoms with Crippen LogP contribution >= 0.6 is 0 Å². The van der Waals surface area contributed by atoms with Gasteiger partial charge in [-0.15, -0.1) is 0 Å². The van der Waals surface area contributed by atoms with Gasteiger partial charge in [0, 0.05) is 8.07 Å². The zero-order chi connectivity index (χ0) is 10.0. The van der Waals surface area contributed by atoms with Crippen molar-refractivity contribution in [3.63, 3.8) is 0 Å². The molecular weight excluding hydrogens is 162 g/mol. The minimum atomic E-state index is -0.703. The monoisotopic (exact) mass is 189 g/mol. The first-order chi connectivity index (χ1) is 5.54. The van der Waals surface area contributed by atoms with Crippen molar-refractivity contribution in [2.75, 3.05) is 14.1 Å². The highest BCUT2D eigenvalue weighted by molar-refractivity contribution is 6.77. The van der Waals surface area contributed by atoms with Gasteiger partial charge in [0.15, 0.2) is 0 Å². The minimum absolute atomic E-state index is 0.703. The summed E-state index contributed by atoms with van der Waals surface area (Å²) in [5, 5.41) is 2.75. The third-order valence-corrected chi connectivity index (χ3v) is 5.56. The SMILES string of the molecule is CCC[Si](C)(C)CCC.CNC. The van der Waals surface area contributed by atoms with Gasteiger partial charge >= 0.3 is 0 Å². The van der Waals surface area contributed by atoms with Gasteiger partial charge in [-0.3, -0.25) is 0 Å². The van der Waals surface area contributed by atoms with E-state index in [1.165, 1.54) is 24.9 Å². The molecule has 0 saturated heterocycles. The van der Waals surface area contributed by atoms with E-state index in [1.807, 2.05) is 14.1 Å². The van der Waals surface area contributed by atoms with Crippen LogP contribution < -0.4 is 5.32 Å². The molecule has 0 amide bonds. The second kappa shape index (κ2) is 9.27. The Labute approximate surface area is 80.0 Å². The smallest absolute Gasteiger partial charge is 0.0473 e. The number of nitrogens with one attached hydrogen (secondary N) is 1. The Morgan fingerprint density at radius 2 is 1.17 bits per heavy atom. The van der Waals surface area contributed by atoms with Crippen LogP contribution in [0.2, 0.25) is 25.2 Å². The van der Waals surface area contributed by atoms with E-state index in [2.05, 4.69) is 32.3 Å². The number of hydrogen-bond donors (Lipinski definition) is 1. The zero-order valence-electron chi connectivity index (χ0n) is 9.83.